The van der Waals surface area contributed by atoms with Gasteiger partial charge in [-0.3, -0.25) is 0 Å². The zero-order chi connectivity index (χ0) is 23.4. The van der Waals surface area contributed by atoms with Crippen LogP contribution in [0.15, 0.2) is 6.08 Å². The molecule has 2 aromatic heterocycles. The van der Waals surface area contributed by atoms with Crippen LogP contribution in [0.1, 0.15) is 69.6 Å². The lowest BCUT2D eigenvalue weighted by Gasteiger charge is -2.15. The third kappa shape index (κ3) is 8.85. The Morgan fingerprint density at radius 3 is 2.32 bits per heavy atom. The molecule has 0 saturated carbocycles. The molecule has 0 saturated heterocycles. The molecule has 0 fully saturated rings. The smallest absolute Gasteiger partial charge is 0.369 e. The van der Waals surface area contributed by atoms with E-state index in [1.54, 1.807) is 6.92 Å². The van der Waals surface area contributed by atoms with Crippen LogP contribution in [-0.2, 0) is 0 Å². The van der Waals surface area contributed by atoms with Crippen LogP contribution in [0.3, 0.4) is 0 Å². The first-order valence-electron chi connectivity index (χ1n) is 10.8. The Hall–Kier alpha value is -2.16. The van der Waals surface area contributed by atoms with Crippen LogP contribution >= 0.6 is 11.3 Å². The Morgan fingerprint density at radius 2 is 1.71 bits per heavy atom. The molecule has 2 heterocycles. The molecule has 0 spiro atoms. The van der Waals surface area contributed by atoms with E-state index in [0.29, 0.717) is 18.1 Å². The lowest BCUT2D eigenvalue weighted by molar-refractivity contribution is -0.115. The topological polar surface area (TPSA) is 62.7 Å². The van der Waals surface area contributed by atoms with Crippen molar-refractivity contribution in [2.75, 3.05) is 23.7 Å². The summed E-state index contributed by atoms with van der Waals surface area (Å²) in [7, 11) is 0. The molecule has 0 atom stereocenters. The van der Waals surface area contributed by atoms with Crippen molar-refractivity contribution in [1.82, 2.24) is 15.0 Å². The van der Waals surface area contributed by atoms with Crippen molar-refractivity contribution in [2.45, 2.75) is 73.4 Å². The number of nitrogens with zero attached hydrogens (tertiary/aromatic N) is 3. The van der Waals surface area contributed by atoms with Gasteiger partial charge in [0.2, 0.25) is 5.95 Å². The zero-order valence-electron chi connectivity index (χ0n) is 19.3. The number of thiazole rings is 1. The standard InChI is InChI=1S/C20H28F3N5S.C2H6/c1-5-7-9-11-24-17-16(18-27-15(10-8-6-2)14(4)29-18)13(3)26-19(28-17)25-12-20(21,22)23;1-2/h8,10H,5-7,9,11-12H2,1-4H3,(H2,24,25,26,28);1-2H3/b10-8-;. The van der Waals surface area contributed by atoms with Gasteiger partial charge in [0.05, 0.1) is 17.0 Å². The number of hydrogen-bond acceptors (Lipinski definition) is 6. The molecule has 2 rings (SSSR count). The third-order valence-corrected chi connectivity index (χ3v) is 5.17. The third-order valence-electron chi connectivity index (χ3n) is 4.17. The second kappa shape index (κ2) is 13.3. The molecule has 0 aromatic carbocycles. The number of hydrogen-bond donors (Lipinski definition) is 2. The molecule has 0 unspecified atom stereocenters. The van der Waals surface area contributed by atoms with Gasteiger partial charge in [-0.2, -0.15) is 18.2 Å². The fourth-order valence-electron chi connectivity index (χ4n) is 2.70. The summed E-state index contributed by atoms with van der Waals surface area (Å²) in [6, 6.07) is 0. The van der Waals surface area contributed by atoms with Crippen LogP contribution in [-0.4, -0.2) is 34.2 Å². The average molecular weight is 458 g/mol. The first kappa shape index (κ1) is 26.9. The molecule has 0 aliphatic carbocycles. The van der Waals surface area contributed by atoms with Crippen molar-refractivity contribution in [3.8, 4) is 10.6 Å². The number of alkyl halides is 3. The molecule has 0 amide bonds. The maximum absolute atomic E-state index is 12.6. The molecule has 5 nitrogen and oxygen atoms in total. The first-order chi connectivity index (χ1) is 14.7. The Balaban J connectivity index is 0.00000233. The largest absolute Gasteiger partial charge is 0.405 e. The van der Waals surface area contributed by atoms with Crippen LogP contribution in [0.2, 0.25) is 0 Å². The average Bonchev–Trinajstić information content (AvgIpc) is 3.08. The van der Waals surface area contributed by atoms with Gasteiger partial charge in [0.15, 0.2) is 0 Å². The number of aryl methyl sites for hydroxylation is 2. The zero-order valence-corrected chi connectivity index (χ0v) is 20.1. The summed E-state index contributed by atoms with van der Waals surface area (Å²) in [4.78, 5) is 14.4. The van der Waals surface area contributed by atoms with Crippen LogP contribution < -0.4 is 10.6 Å². The molecule has 31 heavy (non-hydrogen) atoms. The second-order valence-corrected chi connectivity index (χ2v) is 7.93. The van der Waals surface area contributed by atoms with E-state index < -0.39 is 12.7 Å². The van der Waals surface area contributed by atoms with Gasteiger partial charge in [-0.25, -0.2) is 9.97 Å². The van der Waals surface area contributed by atoms with E-state index in [1.165, 1.54) is 11.3 Å². The lowest BCUT2D eigenvalue weighted by atomic mass is 10.2. The summed E-state index contributed by atoms with van der Waals surface area (Å²) in [5.41, 5.74) is 2.22. The molecular weight excluding hydrogens is 423 g/mol. The minimum absolute atomic E-state index is 0.0408. The van der Waals surface area contributed by atoms with Crippen molar-refractivity contribution in [3.05, 3.63) is 22.3 Å². The number of rotatable bonds is 10. The molecule has 0 bridgehead atoms. The molecule has 2 aromatic rings. The molecule has 174 valence electrons. The summed E-state index contributed by atoms with van der Waals surface area (Å²) >= 11 is 1.53. The van der Waals surface area contributed by atoms with E-state index in [9.17, 15) is 13.2 Å². The van der Waals surface area contributed by atoms with E-state index >= 15 is 0 Å². The van der Waals surface area contributed by atoms with Crippen LogP contribution in [0.25, 0.3) is 16.6 Å². The summed E-state index contributed by atoms with van der Waals surface area (Å²) in [6.45, 7) is 11.4. The van der Waals surface area contributed by atoms with Crippen LogP contribution in [0.5, 0.6) is 0 Å². The van der Waals surface area contributed by atoms with Gasteiger partial charge >= 0.3 is 6.18 Å². The second-order valence-electron chi connectivity index (χ2n) is 6.73. The van der Waals surface area contributed by atoms with E-state index in [1.807, 2.05) is 32.9 Å². The van der Waals surface area contributed by atoms with Crippen molar-refractivity contribution >= 4 is 29.2 Å². The van der Waals surface area contributed by atoms with Crippen molar-refractivity contribution < 1.29 is 13.2 Å². The molecule has 0 aliphatic rings. The molecular formula is C22H34F3N5S. The van der Waals surface area contributed by atoms with Crippen molar-refractivity contribution in [1.29, 1.82) is 0 Å². The fraction of sp³-hybridized carbons (Fsp3) is 0.591. The summed E-state index contributed by atoms with van der Waals surface area (Å²) < 4.78 is 37.7. The van der Waals surface area contributed by atoms with Gasteiger partial charge in [0, 0.05) is 11.4 Å². The van der Waals surface area contributed by atoms with Gasteiger partial charge in [-0.1, -0.05) is 46.6 Å². The summed E-state index contributed by atoms with van der Waals surface area (Å²) in [5.74, 6) is 0.471. The Labute approximate surface area is 187 Å². The Morgan fingerprint density at radius 1 is 1.00 bits per heavy atom. The van der Waals surface area contributed by atoms with Crippen LogP contribution in [0.4, 0.5) is 24.9 Å². The number of aromatic nitrogens is 3. The highest BCUT2D eigenvalue weighted by atomic mass is 32.1. The minimum atomic E-state index is -4.34. The number of unbranched alkanes of at least 4 members (excludes halogenated alkanes) is 2. The van der Waals surface area contributed by atoms with E-state index in [0.717, 1.165) is 46.8 Å². The first-order valence-corrected chi connectivity index (χ1v) is 11.6. The summed E-state index contributed by atoms with van der Waals surface area (Å²) in [6.07, 6.45) is 3.70. The van der Waals surface area contributed by atoms with Crippen molar-refractivity contribution in [3.63, 3.8) is 0 Å². The molecule has 0 radical (unpaired) electrons. The highest BCUT2D eigenvalue weighted by molar-refractivity contribution is 7.15. The highest BCUT2D eigenvalue weighted by Crippen LogP contribution is 2.35. The van der Waals surface area contributed by atoms with Crippen LogP contribution in [0, 0.1) is 13.8 Å². The number of nitrogens with one attached hydrogen (secondary N) is 2. The molecule has 9 heteroatoms. The van der Waals surface area contributed by atoms with Gasteiger partial charge in [-0.15, -0.1) is 11.3 Å². The Kier molecular flexibility index (Phi) is 11.5. The number of allylic oxidation sites excluding steroid dienone is 1. The summed E-state index contributed by atoms with van der Waals surface area (Å²) in [5, 5.41) is 6.31. The SMILES string of the molecule is CC.CC/C=C\c1nc(-c2c(C)nc(NCC(F)(F)F)nc2NCCCCC)sc1C. The predicted octanol–water partition coefficient (Wildman–Crippen LogP) is 7.24. The number of halogens is 3. The van der Waals surface area contributed by atoms with Gasteiger partial charge in [0.25, 0.3) is 0 Å². The van der Waals surface area contributed by atoms with Gasteiger partial charge in [0.1, 0.15) is 17.4 Å². The quantitative estimate of drug-likeness (QED) is 0.368. The lowest BCUT2D eigenvalue weighted by Crippen LogP contribution is -2.23. The maximum atomic E-state index is 12.6. The van der Waals surface area contributed by atoms with Gasteiger partial charge in [-0.05, 0) is 32.8 Å². The normalized spacial score (nSPS) is 11.4. The minimum Gasteiger partial charge on any atom is -0.369 e. The van der Waals surface area contributed by atoms with E-state index in [2.05, 4.69) is 34.4 Å². The highest BCUT2D eigenvalue weighted by Gasteiger charge is 2.27. The predicted molar refractivity (Wildman–Crippen MR) is 126 cm³/mol. The monoisotopic (exact) mass is 457 g/mol. The van der Waals surface area contributed by atoms with E-state index in [-0.39, 0.29) is 5.95 Å². The maximum Gasteiger partial charge on any atom is 0.405 e. The fourth-order valence-corrected chi connectivity index (χ4v) is 3.69. The van der Waals surface area contributed by atoms with Gasteiger partial charge < -0.3 is 10.6 Å². The van der Waals surface area contributed by atoms with Crippen molar-refractivity contribution in [2.24, 2.45) is 0 Å². The molecule has 2 N–H and O–H groups in total. The number of anilines is 2. The van der Waals surface area contributed by atoms with E-state index in [4.69, 9.17) is 4.98 Å². The Bertz CT molecular complexity index is 831. The molecule has 0 aliphatic heterocycles.